The first-order valence-corrected chi connectivity index (χ1v) is 11.0. The van der Waals surface area contributed by atoms with Crippen LogP contribution in [-0.2, 0) is 19.8 Å². The Morgan fingerprint density at radius 3 is 2.68 bits per heavy atom. The number of hydrogen-bond donors (Lipinski definition) is 2. The molecule has 0 radical (unpaired) electrons. The number of likely N-dealkylation sites (tertiary alicyclic amines) is 1. The van der Waals surface area contributed by atoms with E-state index in [0.29, 0.717) is 17.3 Å². The van der Waals surface area contributed by atoms with Crippen LogP contribution in [0.1, 0.15) is 32.3 Å². The fourth-order valence-electron chi connectivity index (χ4n) is 4.79. The Hall–Kier alpha value is -3.80. The van der Waals surface area contributed by atoms with Gasteiger partial charge in [0, 0.05) is 24.7 Å². The maximum absolute atomic E-state index is 14.1. The van der Waals surface area contributed by atoms with Gasteiger partial charge in [-0.3, -0.25) is 14.4 Å². The van der Waals surface area contributed by atoms with Crippen LogP contribution in [0.5, 0.6) is 0 Å². The van der Waals surface area contributed by atoms with E-state index in [2.05, 4.69) is 16.7 Å². The van der Waals surface area contributed by atoms with E-state index in [-0.39, 0.29) is 36.9 Å². The van der Waals surface area contributed by atoms with Gasteiger partial charge in [0.2, 0.25) is 17.7 Å². The topological polar surface area (TPSA) is 102 Å². The van der Waals surface area contributed by atoms with Crippen LogP contribution in [0.3, 0.4) is 0 Å². The Kier molecular flexibility index (Phi) is 6.09. The van der Waals surface area contributed by atoms with Crippen LogP contribution in [0.25, 0.3) is 0 Å². The number of nitrogens with zero attached hydrogens (tertiary/aromatic N) is 2. The molecule has 0 bridgehead atoms. The van der Waals surface area contributed by atoms with Crippen LogP contribution in [0.15, 0.2) is 42.5 Å². The van der Waals surface area contributed by atoms with E-state index in [9.17, 15) is 28.4 Å². The van der Waals surface area contributed by atoms with Crippen LogP contribution in [0.2, 0.25) is 0 Å². The Morgan fingerprint density at radius 2 is 2.00 bits per heavy atom. The van der Waals surface area contributed by atoms with Crippen LogP contribution < -0.4 is 10.6 Å². The van der Waals surface area contributed by atoms with Gasteiger partial charge >= 0.3 is 0 Å². The number of nitriles is 1. The molecule has 1 unspecified atom stereocenters. The molecular formula is C25H24F2N4O3. The number of para-hydroxylation sites is 1. The molecule has 7 nitrogen and oxygen atoms in total. The molecule has 3 amide bonds. The summed E-state index contributed by atoms with van der Waals surface area (Å²) in [6.07, 6.45) is 0.263. The molecule has 34 heavy (non-hydrogen) atoms. The second kappa shape index (κ2) is 8.86. The molecular weight excluding hydrogens is 442 g/mol. The van der Waals surface area contributed by atoms with E-state index in [4.69, 9.17) is 0 Å². The number of anilines is 2. The highest BCUT2D eigenvalue weighted by atomic mass is 19.1. The largest absolute Gasteiger partial charge is 0.325 e. The van der Waals surface area contributed by atoms with Crippen molar-refractivity contribution in [2.75, 3.05) is 17.2 Å². The van der Waals surface area contributed by atoms with Crippen molar-refractivity contribution in [1.29, 1.82) is 5.26 Å². The molecule has 0 aliphatic carbocycles. The van der Waals surface area contributed by atoms with Crippen LogP contribution in [0, 0.1) is 34.8 Å². The van der Waals surface area contributed by atoms with Crippen molar-refractivity contribution in [2.24, 2.45) is 11.8 Å². The SMILES string of the molecule is CC(C)CC(C(=O)Nc1ccc(F)cc1F)C(=O)N1C[C@]2(C[C@H]1C#N)C(=O)Nc1ccccc12. The molecule has 9 heteroatoms. The summed E-state index contributed by atoms with van der Waals surface area (Å²) in [7, 11) is 0. The number of rotatable bonds is 5. The van der Waals surface area contributed by atoms with Crippen molar-refractivity contribution in [1.82, 2.24) is 4.90 Å². The molecule has 0 saturated carbocycles. The molecule has 1 saturated heterocycles. The zero-order chi connectivity index (χ0) is 24.6. The van der Waals surface area contributed by atoms with E-state index in [1.54, 1.807) is 24.3 Å². The van der Waals surface area contributed by atoms with E-state index in [1.165, 1.54) is 4.90 Å². The molecule has 176 valence electrons. The molecule has 1 fully saturated rings. The summed E-state index contributed by atoms with van der Waals surface area (Å²) in [6.45, 7) is 3.62. The van der Waals surface area contributed by atoms with Gasteiger partial charge in [-0.25, -0.2) is 8.78 Å². The van der Waals surface area contributed by atoms with Crippen molar-refractivity contribution in [2.45, 2.75) is 38.1 Å². The average molecular weight is 466 g/mol. The summed E-state index contributed by atoms with van der Waals surface area (Å²) in [6, 6.07) is 11.1. The van der Waals surface area contributed by atoms with Crippen molar-refractivity contribution in [3.05, 3.63) is 59.7 Å². The second-order valence-corrected chi connectivity index (χ2v) is 9.19. The van der Waals surface area contributed by atoms with Gasteiger partial charge in [-0.1, -0.05) is 32.0 Å². The summed E-state index contributed by atoms with van der Waals surface area (Å²) >= 11 is 0. The minimum absolute atomic E-state index is 0.0420. The number of halogens is 2. The molecule has 2 aliphatic rings. The number of benzene rings is 2. The lowest BCUT2D eigenvalue weighted by Gasteiger charge is -2.27. The molecule has 2 aromatic rings. The first-order chi connectivity index (χ1) is 16.2. The number of amides is 3. The highest BCUT2D eigenvalue weighted by molar-refractivity contribution is 6.09. The highest BCUT2D eigenvalue weighted by Gasteiger charge is 2.56. The normalized spacial score (nSPS) is 21.8. The predicted octanol–water partition coefficient (Wildman–Crippen LogP) is 3.58. The summed E-state index contributed by atoms with van der Waals surface area (Å²) < 4.78 is 27.3. The van der Waals surface area contributed by atoms with Gasteiger partial charge in [0.25, 0.3) is 0 Å². The molecule has 3 atom stereocenters. The maximum Gasteiger partial charge on any atom is 0.237 e. The molecule has 4 rings (SSSR count). The third-order valence-electron chi connectivity index (χ3n) is 6.43. The molecule has 2 aromatic carbocycles. The number of carbonyl (C=O) groups is 3. The zero-order valence-electron chi connectivity index (χ0n) is 18.8. The number of fused-ring (bicyclic) bond motifs is 2. The molecule has 2 heterocycles. The molecule has 2 aliphatic heterocycles. The summed E-state index contributed by atoms with van der Waals surface area (Å²) in [4.78, 5) is 40.9. The van der Waals surface area contributed by atoms with Gasteiger partial charge in [-0.2, -0.15) is 5.26 Å². The molecule has 1 spiro atoms. The number of carbonyl (C=O) groups excluding carboxylic acids is 3. The van der Waals surface area contributed by atoms with Crippen molar-refractivity contribution >= 4 is 29.1 Å². The average Bonchev–Trinajstić information content (AvgIpc) is 3.32. The van der Waals surface area contributed by atoms with Crippen molar-refractivity contribution in [3.8, 4) is 6.07 Å². The van der Waals surface area contributed by atoms with E-state index >= 15 is 0 Å². The maximum atomic E-state index is 14.1. The van der Waals surface area contributed by atoms with Gasteiger partial charge in [0.15, 0.2) is 0 Å². The lowest BCUT2D eigenvalue weighted by Crippen LogP contribution is -2.46. The van der Waals surface area contributed by atoms with E-state index in [0.717, 1.165) is 12.1 Å². The third-order valence-corrected chi connectivity index (χ3v) is 6.43. The predicted molar refractivity (Wildman–Crippen MR) is 120 cm³/mol. The van der Waals surface area contributed by atoms with Crippen molar-refractivity contribution < 1.29 is 23.2 Å². The van der Waals surface area contributed by atoms with Crippen LogP contribution in [-0.4, -0.2) is 35.2 Å². The van der Waals surface area contributed by atoms with Gasteiger partial charge in [0.05, 0.1) is 17.2 Å². The number of nitrogens with one attached hydrogen (secondary N) is 2. The fourth-order valence-corrected chi connectivity index (χ4v) is 4.79. The molecule has 2 N–H and O–H groups in total. The summed E-state index contributed by atoms with van der Waals surface area (Å²) in [5.41, 5.74) is 0.0384. The monoisotopic (exact) mass is 466 g/mol. The van der Waals surface area contributed by atoms with Gasteiger partial charge in [-0.15, -0.1) is 0 Å². The first kappa shape index (κ1) is 23.4. The van der Waals surface area contributed by atoms with E-state index in [1.807, 2.05) is 13.8 Å². The van der Waals surface area contributed by atoms with Crippen LogP contribution >= 0.6 is 0 Å². The van der Waals surface area contributed by atoms with Gasteiger partial charge in [-0.05, 0) is 36.1 Å². The van der Waals surface area contributed by atoms with Crippen molar-refractivity contribution in [3.63, 3.8) is 0 Å². The lowest BCUT2D eigenvalue weighted by molar-refractivity contribution is -0.141. The lowest BCUT2D eigenvalue weighted by atomic mass is 9.80. The standard InChI is InChI=1S/C25H24F2N4O3/c1-14(2)9-17(22(32)29-21-8-7-15(26)10-19(21)27)23(33)31-13-25(11-16(31)12-28)18-5-3-4-6-20(18)30-24(25)34/h3-8,10,14,16-17H,9,11,13H2,1-2H3,(H,29,32)(H,30,34)/t16-,17?,25-/m0/s1. The zero-order valence-corrected chi connectivity index (χ0v) is 18.8. The number of hydrogen-bond acceptors (Lipinski definition) is 4. The Bertz CT molecular complexity index is 1210. The quantitative estimate of drug-likeness (QED) is 0.658. The summed E-state index contributed by atoms with van der Waals surface area (Å²) in [5, 5.41) is 15.0. The first-order valence-electron chi connectivity index (χ1n) is 11.0. The van der Waals surface area contributed by atoms with E-state index < -0.39 is 40.8 Å². The minimum Gasteiger partial charge on any atom is -0.325 e. The Labute approximate surface area is 195 Å². The second-order valence-electron chi connectivity index (χ2n) is 9.19. The smallest absolute Gasteiger partial charge is 0.237 e. The van der Waals surface area contributed by atoms with Gasteiger partial charge < -0.3 is 15.5 Å². The Balaban J connectivity index is 1.63. The highest BCUT2D eigenvalue weighted by Crippen LogP contribution is 2.46. The van der Waals surface area contributed by atoms with Gasteiger partial charge in [0.1, 0.15) is 23.6 Å². The fraction of sp³-hybridized carbons (Fsp3) is 0.360. The molecule has 0 aromatic heterocycles. The third kappa shape index (κ3) is 4.00. The Morgan fingerprint density at radius 1 is 1.26 bits per heavy atom. The minimum atomic E-state index is -1.21. The van der Waals surface area contributed by atoms with Crippen LogP contribution in [0.4, 0.5) is 20.2 Å². The summed E-state index contributed by atoms with van der Waals surface area (Å²) in [5.74, 6) is -4.67.